The lowest BCUT2D eigenvalue weighted by atomic mass is 10.00. The Kier molecular flexibility index (Phi) is 9.20. The highest BCUT2D eigenvalue weighted by molar-refractivity contribution is 8.04. The number of phenolic OH excluding ortho intramolecular Hbond substituents is 1. The molecule has 240 valence electrons. The fourth-order valence-electron chi connectivity index (χ4n) is 6.03. The largest absolute Gasteiger partial charge is 0.507 e. The maximum Gasteiger partial charge on any atom is 0.155 e. The molecule has 0 unspecified atom stereocenters. The molecule has 0 amide bonds. The monoisotopic (exact) mass is 682 g/mol. The number of carbonyl (C=O) groups is 2. The van der Waals surface area contributed by atoms with Crippen LogP contribution in [0.5, 0.6) is 5.75 Å². The lowest BCUT2D eigenvalue weighted by Crippen LogP contribution is -2.18. The molecule has 0 radical (unpaired) electrons. The van der Waals surface area contributed by atoms with Crippen molar-refractivity contribution in [2.24, 2.45) is 0 Å². The van der Waals surface area contributed by atoms with Crippen LogP contribution in [0.2, 0.25) is 5.02 Å². The molecule has 2 aliphatic heterocycles. The average Bonchev–Trinajstić information content (AvgIpc) is 3.66. The molecule has 47 heavy (non-hydrogen) atoms. The van der Waals surface area contributed by atoms with Crippen LogP contribution in [0.1, 0.15) is 38.8 Å². The third kappa shape index (κ3) is 6.18. The highest BCUT2D eigenvalue weighted by Gasteiger charge is 2.31. The molecular formula is C38H35ClN2O4S2. The van der Waals surface area contributed by atoms with Gasteiger partial charge in [0.15, 0.2) is 11.6 Å². The van der Waals surface area contributed by atoms with Gasteiger partial charge >= 0.3 is 0 Å². The number of furan rings is 1. The number of anilines is 2. The van der Waals surface area contributed by atoms with Crippen LogP contribution in [-0.4, -0.2) is 29.8 Å². The lowest BCUT2D eigenvalue weighted by Gasteiger charge is -2.22. The van der Waals surface area contributed by atoms with Gasteiger partial charge in [-0.3, -0.25) is 9.59 Å². The molecule has 0 spiro atoms. The van der Waals surface area contributed by atoms with Crippen molar-refractivity contribution in [3.05, 3.63) is 99.0 Å². The second kappa shape index (κ2) is 13.2. The number of rotatable bonds is 5. The van der Waals surface area contributed by atoms with Crippen LogP contribution in [-0.2, 0) is 9.59 Å². The third-order valence-electron chi connectivity index (χ3n) is 8.03. The van der Waals surface area contributed by atoms with Crippen LogP contribution in [0.25, 0.3) is 33.1 Å². The average molecular weight is 683 g/mol. The summed E-state index contributed by atoms with van der Waals surface area (Å²) in [7, 11) is 0. The van der Waals surface area contributed by atoms with Gasteiger partial charge in [0.25, 0.3) is 0 Å². The van der Waals surface area contributed by atoms with Gasteiger partial charge in [0, 0.05) is 56.6 Å². The number of aromatic hydroxyl groups is 1. The number of hydrogen-bond donors (Lipinski definition) is 1. The molecule has 1 aromatic heterocycles. The van der Waals surface area contributed by atoms with Crippen molar-refractivity contribution in [2.45, 2.75) is 51.3 Å². The van der Waals surface area contributed by atoms with E-state index in [-0.39, 0.29) is 17.3 Å². The van der Waals surface area contributed by atoms with Crippen LogP contribution >= 0.6 is 35.1 Å². The second-order valence-corrected chi connectivity index (χ2v) is 14.1. The van der Waals surface area contributed by atoms with Gasteiger partial charge in [0.05, 0.1) is 26.8 Å². The van der Waals surface area contributed by atoms with Gasteiger partial charge in [0.1, 0.15) is 16.9 Å². The Morgan fingerprint density at radius 2 is 1.36 bits per heavy atom. The molecule has 3 heterocycles. The van der Waals surface area contributed by atoms with E-state index in [1.165, 1.54) is 22.2 Å². The summed E-state index contributed by atoms with van der Waals surface area (Å²) in [6.45, 7) is 12.8. The maximum absolute atomic E-state index is 11.5. The Bertz CT molecular complexity index is 2150. The number of carbonyl (C=O) groups excluding carboxylic acids is 2. The van der Waals surface area contributed by atoms with E-state index in [4.69, 9.17) is 16.0 Å². The quantitative estimate of drug-likeness (QED) is 0.184. The summed E-state index contributed by atoms with van der Waals surface area (Å²) < 4.78 is 6.05. The topological polar surface area (TPSA) is 74.0 Å². The van der Waals surface area contributed by atoms with Gasteiger partial charge in [-0.2, -0.15) is 0 Å². The normalized spacial score (nSPS) is 15.4. The van der Waals surface area contributed by atoms with Crippen molar-refractivity contribution in [1.82, 2.24) is 0 Å². The van der Waals surface area contributed by atoms with Crippen molar-refractivity contribution >= 4 is 80.0 Å². The van der Waals surface area contributed by atoms with Crippen molar-refractivity contribution in [3.63, 3.8) is 0 Å². The van der Waals surface area contributed by atoms with Gasteiger partial charge in [-0.15, -0.1) is 0 Å². The molecular weight excluding hydrogens is 648 g/mol. The van der Waals surface area contributed by atoms with Crippen molar-refractivity contribution in [1.29, 1.82) is 0 Å². The number of nitrogens with zero attached hydrogens (tertiary/aromatic N) is 2. The number of benzene rings is 4. The number of halogens is 1. The Morgan fingerprint density at radius 1 is 0.787 bits per heavy atom. The lowest BCUT2D eigenvalue weighted by molar-refractivity contribution is -0.113. The van der Waals surface area contributed by atoms with Crippen molar-refractivity contribution in [2.75, 3.05) is 22.9 Å². The smallest absolute Gasteiger partial charge is 0.155 e. The first kappa shape index (κ1) is 32.8. The first-order valence-electron chi connectivity index (χ1n) is 15.4. The zero-order valence-corrected chi connectivity index (χ0v) is 29.5. The summed E-state index contributed by atoms with van der Waals surface area (Å²) >= 11 is 9.63. The summed E-state index contributed by atoms with van der Waals surface area (Å²) in [5.41, 5.74) is 7.62. The summed E-state index contributed by atoms with van der Waals surface area (Å²) in [6.07, 6.45) is 3.35. The van der Waals surface area contributed by atoms with E-state index in [0.717, 1.165) is 65.9 Å². The van der Waals surface area contributed by atoms with Crippen LogP contribution < -0.4 is 9.80 Å². The van der Waals surface area contributed by atoms with Gasteiger partial charge in [-0.05, 0) is 89.1 Å². The molecule has 9 heteroatoms. The van der Waals surface area contributed by atoms with Gasteiger partial charge in [-0.25, -0.2) is 0 Å². The van der Waals surface area contributed by atoms with E-state index in [0.29, 0.717) is 17.1 Å². The summed E-state index contributed by atoms with van der Waals surface area (Å²) in [4.78, 5) is 29.5. The minimum Gasteiger partial charge on any atom is -0.507 e. The van der Waals surface area contributed by atoms with Crippen molar-refractivity contribution in [3.8, 4) is 16.9 Å². The Balaban J connectivity index is 0.000000164. The number of hydrogen-bond acceptors (Lipinski definition) is 8. The number of aryl methyl sites for hydroxylation is 2. The van der Waals surface area contributed by atoms with E-state index >= 15 is 0 Å². The molecule has 0 saturated carbocycles. The molecule has 4 aromatic carbocycles. The van der Waals surface area contributed by atoms with E-state index < -0.39 is 0 Å². The number of ketones is 2. The molecule has 7 rings (SSSR count). The maximum atomic E-state index is 11.5. The third-order valence-corrected chi connectivity index (χ3v) is 10.5. The van der Waals surface area contributed by atoms with E-state index in [9.17, 15) is 14.7 Å². The zero-order chi connectivity index (χ0) is 33.6. The molecule has 0 atom stereocenters. The number of thioether (sulfide) groups is 2. The van der Waals surface area contributed by atoms with Crippen LogP contribution in [0.15, 0.2) is 97.1 Å². The van der Waals surface area contributed by atoms with Crippen LogP contribution in [0.4, 0.5) is 11.4 Å². The fraction of sp³-hybridized carbons (Fsp3) is 0.211. The van der Waals surface area contributed by atoms with E-state index in [1.54, 1.807) is 43.8 Å². The van der Waals surface area contributed by atoms with Crippen LogP contribution in [0.3, 0.4) is 0 Å². The predicted molar refractivity (Wildman–Crippen MR) is 197 cm³/mol. The first-order valence-corrected chi connectivity index (χ1v) is 17.4. The molecule has 5 aromatic rings. The summed E-state index contributed by atoms with van der Waals surface area (Å²) in [5, 5.41) is 15.3. The van der Waals surface area contributed by atoms with Gasteiger partial charge < -0.3 is 19.3 Å². The van der Waals surface area contributed by atoms with Crippen molar-refractivity contribution < 1.29 is 19.1 Å². The standard InChI is InChI=1S/C19H18ClNO2S.C19H17NO2S/c1-4-21-17(10-12(3)22)24-16-8-7-15(23)18(19(16)21)13-6-5-11(2)9-14(13)20;1-4-20-17(10-12(3)21)23-16-8-7-14-18(19(16)20)13-6-5-11(2)9-15(13)22-14/h5-10,23H,4H2,1-3H3;5-10H,4H2,1-3H3/b2*17-10-. The molecule has 0 bridgehead atoms. The second-order valence-electron chi connectivity index (χ2n) is 11.6. The molecule has 6 nitrogen and oxygen atoms in total. The number of fused-ring (bicyclic) bond motifs is 6. The minimum absolute atomic E-state index is 0.00268. The Morgan fingerprint density at radius 3 is 1.98 bits per heavy atom. The Hall–Kier alpha value is -4.11. The molecule has 1 N–H and O–H groups in total. The first-order chi connectivity index (χ1) is 22.5. The molecule has 0 fully saturated rings. The predicted octanol–water partition coefficient (Wildman–Crippen LogP) is 10.6. The summed E-state index contributed by atoms with van der Waals surface area (Å²) in [6, 6.07) is 19.8. The number of phenols is 1. The Labute approximate surface area is 288 Å². The van der Waals surface area contributed by atoms with Crippen LogP contribution in [0, 0.1) is 13.8 Å². The number of allylic oxidation sites excluding steroid dienone is 2. The highest BCUT2D eigenvalue weighted by atomic mass is 35.5. The van der Waals surface area contributed by atoms with Gasteiger partial charge in [0.2, 0.25) is 0 Å². The molecule has 0 aliphatic carbocycles. The fourth-order valence-corrected chi connectivity index (χ4v) is 8.82. The minimum atomic E-state index is 0.00268. The van der Waals surface area contributed by atoms with Gasteiger partial charge in [-0.1, -0.05) is 59.4 Å². The zero-order valence-electron chi connectivity index (χ0n) is 27.1. The van der Waals surface area contributed by atoms with E-state index in [2.05, 4.69) is 43.0 Å². The highest BCUT2D eigenvalue weighted by Crippen LogP contribution is 2.54. The SMILES string of the molecule is CCN1/C(=C/C(C)=O)Sc2ccc(O)c(-c3ccc(C)cc3Cl)c21.CCN1/C(=C/C(C)=O)Sc2ccc3oc4cc(C)ccc4c3c21. The summed E-state index contributed by atoms with van der Waals surface area (Å²) in [5.74, 6) is 0.258. The molecule has 0 saturated heterocycles. The molecule has 2 aliphatic rings. The van der Waals surface area contributed by atoms with E-state index in [1.807, 2.05) is 49.1 Å².